The summed E-state index contributed by atoms with van der Waals surface area (Å²) in [5, 5.41) is 2.66. The van der Waals surface area contributed by atoms with Gasteiger partial charge in [-0.25, -0.2) is 12.2 Å². The van der Waals surface area contributed by atoms with Gasteiger partial charge in [-0.1, -0.05) is 6.07 Å². The molecule has 20 heavy (non-hydrogen) atoms. The summed E-state index contributed by atoms with van der Waals surface area (Å²) >= 11 is 1.27. The van der Waals surface area contributed by atoms with Crippen molar-refractivity contribution in [2.45, 2.75) is 20.3 Å². The van der Waals surface area contributed by atoms with Crippen molar-refractivity contribution in [3.63, 3.8) is 0 Å². The smallest absolute Gasteiger partial charge is 0.0809 e. The number of fused-ring (bicyclic) bond motifs is 1. The molecule has 1 aliphatic rings. The maximum absolute atomic E-state index is 2.99. The molecule has 106 valence electrons. The molecule has 0 saturated heterocycles. The molecule has 0 bridgehead atoms. The second-order valence-electron chi connectivity index (χ2n) is 4.16. The maximum atomic E-state index is 2.99. The third kappa shape index (κ3) is 10.8. The van der Waals surface area contributed by atoms with Gasteiger partial charge in [0.2, 0.25) is 0 Å². The minimum Gasteiger partial charge on any atom is -1.00 e. The number of hydrogen-bond acceptors (Lipinski definition) is 0. The molecule has 3 rings (SSSR count). The summed E-state index contributed by atoms with van der Waals surface area (Å²) in [5.41, 5.74) is 0. The van der Waals surface area contributed by atoms with E-state index in [2.05, 4.69) is 68.5 Å². The van der Waals surface area contributed by atoms with Gasteiger partial charge in [-0.2, -0.15) is 23.6 Å². The molecule has 0 aliphatic heterocycles. The third-order valence-corrected chi connectivity index (χ3v) is 2.13. The van der Waals surface area contributed by atoms with E-state index in [0.717, 1.165) is 6.42 Å². The molecule has 2 aromatic rings. The average molecular weight is 561 g/mol. The Balaban J connectivity index is 0. The predicted molar refractivity (Wildman–Crippen MR) is 77.5 cm³/mol. The summed E-state index contributed by atoms with van der Waals surface area (Å²) in [5.74, 6) is 0. The Morgan fingerprint density at radius 1 is 1.15 bits per heavy atom. The summed E-state index contributed by atoms with van der Waals surface area (Å²) < 4.78 is 1.56. The minimum atomic E-state index is 0. The van der Waals surface area contributed by atoms with Gasteiger partial charge in [0.05, 0.1) is 0 Å². The Bertz CT molecular complexity index is 494. The number of halogens is 2. The van der Waals surface area contributed by atoms with Crippen LogP contribution in [0, 0.1) is 6.08 Å². The Kier molecular flexibility index (Phi) is 15.6. The van der Waals surface area contributed by atoms with E-state index in [4.69, 9.17) is 0 Å². The van der Waals surface area contributed by atoms with Gasteiger partial charge in [0.25, 0.3) is 0 Å². The van der Waals surface area contributed by atoms with E-state index in [1.54, 1.807) is 3.26 Å². The van der Waals surface area contributed by atoms with Gasteiger partial charge >= 0.3 is 41.0 Å². The zero-order chi connectivity index (χ0) is 13.2. The fourth-order valence-electron chi connectivity index (χ4n) is 1.41. The van der Waals surface area contributed by atoms with E-state index in [1.165, 1.54) is 34.7 Å². The topological polar surface area (TPSA) is 0 Å². The van der Waals surface area contributed by atoms with E-state index in [0.29, 0.717) is 0 Å². The van der Waals surface area contributed by atoms with Crippen LogP contribution in [-0.2, 0) is 23.9 Å². The zero-order valence-electron chi connectivity index (χ0n) is 11.7. The van der Waals surface area contributed by atoms with Crippen LogP contribution in [0.1, 0.15) is 20.3 Å². The van der Waals surface area contributed by atoms with Crippen molar-refractivity contribution < 1.29 is 57.9 Å². The SMILES string of the molecule is C[C](C)=[Hf+2].[Br-].[Br-].[C-]1=CC=CC1.c1ccc2[cH-]ccc2c1. The molecule has 1 aliphatic carbocycles. The molecule has 0 atom stereocenters. The molecular weight excluding hydrogens is 542 g/mol. The molecular formula is C17H18Br2Hf-2. The average Bonchev–Trinajstić information content (AvgIpc) is 3.03. The van der Waals surface area contributed by atoms with Crippen molar-refractivity contribution in [2.75, 3.05) is 0 Å². The van der Waals surface area contributed by atoms with Gasteiger partial charge in [-0.05, 0) is 0 Å². The van der Waals surface area contributed by atoms with Gasteiger partial charge in [0.15, 0.2) is 0 Å². The summed E-state index contributed by atoms with van der Waals surface area (Å²) in [6.07, 6.45) is 10.0. The Labute approximate surface area is 157 Å². The van der Waals surface area contributed by atoms with Crippen LogP contribution >= 0.6 is 0 Å². The standard InChI is InChI=1S/C9H7.C5H5.C3H6.2BrH.Hf/c1-2-5-9-7-3-6-8(9)4-1;1-2-4-5-3-1;1-3-2;;;/h1-7H;1-3H,4H2;1-2H3;2*1H;/q2*-1;;;;+2/p-2. The predicted octanol–water partition coefficient (Wildman–Crippen LogP) is -1.38. The van der Waals surface area contributed by atoms with Gasteiger partial charge in [0.1, 0.15) is 0 Å². The molecule has 0 saturated carbocycles. The Morgan fingerprint density at radius 2 is 1.80 bits per heavy atom. The molecule has 0 spiro atoms. The summed E-state index contributed by atoms with van der Waals surface area (Å²) in [7, 11) is 0. The molecule has 0 N–H and O–H groups in total. The number of hydrogen-bond donors (Lipinski definition) is 0. The van der Waals surface area contributed by atoms with E-state index in [1.807, 2.05) is 12.2 Å². The first kappa shape index (κ1) is 22.3. The number of rotatable bonds is 0. The zero-order valence-corrected chi connectivity index (χ0v) is 18.5. The monoisotopic (exact) mass is 560 g/mol. The third-order valence-electron chi connectivity index (χ3n) is 2.13. The molecule has 2 aromatic carbocycles. The van der Waals surface area contributed by atoms with Crippen LogP contribution in [0.3, 0.4) is 0 Å². The molecule has 0 fully saturated rings. The number of allylic oxidation sites excluding steroid dienone is 4. The van der Waals surface area contributed by atoms with Crippen molar-refractivity contribution in [3.8, 4) is 0 Å². The van der Waals surface area contributed by atoms with Crippen LogP contribution in [0.25, 0.3) is 10.8 Å². The molecule has 0 aromatic heterocycles. The van der Waals surface area contributed by atoms with E-state index < -0.39 is 0 Å². The summed E-state index contributed by atoms with van der Waals surface area (Å²) in [4.78, 5) is 0. The van der Waals surface area contributed by atoms with Gasteiger partial charge in [-0.15, -0.1) is 36.1 Å². The van der Waals surface area contributed by atoms with Crippen LogP contribution in [0.5, 0.6) is 0 Å². The fraction of sp³-hybridized carbons (Fsp3) is 0.176. The van der Waals surface area contributed by atoms with E-state index in [9.17, 15) is 0 Å². The Hall–Kier alpha value is 0.0101. The van der Waals surface area contributed by atoms with Crippen molar-refractivity contribution in [3.05, 3.63) is 66.8 Å². The fourth-order valence-corrected chi connectivity index (χ4v) is 1.41. The van der Waals surface area contributed by atoms with Crippen molar-refractivity contribution in [1.29, 1.82) is 0 Å². The van der Waals surface area contributed by atoms with Crippen LogP contribution in [0.4, 0.5) is 0 Å². The minimum absolute atomic E-state index is 0. The largest absolute Gasteiger partial charge is 1.00 e. The molecule has 3 heteroatoms. The number of benzene rings is 1. The molecule has 0 radical (unpaired) electrons. The van der Waals surface area contributed by atoms with E-state index in [-0.39, 0.29) is 34.0 Å². The van der Waals surface area contributed by atoms with Crippen LogP contribution in [0.2, 0.25) is 0 Å². The normalized spacial score (nSPS) is 10.4. The summed E-state index contributed by atoms with van der Waals surface area (Å²) in [6, 6.07) is 14.7. The quantitative estimate of drug-likeness (QED) is 0.276. The maximum Gasteiger partial charge on any atom is -0.0809 e. The van der Waals surface area contributed by atoms with Gasteiger partial charge < -0.3 is 34.0 Å². The second-order valence-corrected chi connectivity index (χ2v) is 7.75. The summed E-state index contributed by atoms with van der Waals surface area (Å²) in [6.45, 7) is 4.29. The van der Waals surface area contributed by atoms with Crippen molar-refractivity contribution >= 4 is 14.0 Å². The first-order valence-corrected chi connectivity index (χ1v) is 7.83. The van der Waals surface area contributed by atoms with Gasteiger partial charge in [-0.3, -0.25) is 6.08 Å². The molecule has 0 heterocycles. The van der Waals surface area contributed by atoms with Crippen molar-refractivity contribution in [1.82, 2.24) is 0 Å². The van der Waals surface area contributed by atoms with Crippen LogP contribution in [0.15, 0.2) is 60.7 Å². The van der Waals surface area contributed by atoms with Crippen LogP contribution < -0.4 is 34.0 Å². The Morgan fingerprint density at radius 3 is 2.25 bits per heavy atom. The van der Waals surface area contributed by atoms with Gasteiger partial charge in [0, 0.05) is 0 Å². The van der Waals surface area contributed by atoms with Crippen LogP contribution in [-0.4, -0.2) is 3.26 Å². The first-order valence-electron chi connectivity index (χ1n) is 6.04. The first-order chi connectivity index (χ1) is 8.70. The molecule has 0 unspecified atom stereocenters. The second kappa shape index (κ2) is 14.0. The van der Waals surface area contributed by atoms with Crippen molar-refractivity contribution in [2.24, 2.45) is 0 Å². The van der Waals surface area contributed by atoms with E-state index >= 15 is 0 Å². The molecule has 0 nitrogen and oxygen atoms in total. The molecule has 0 amide bonds.